The predicted molar refractivity (Wildman–Crippen MR) is 132 cm³/mol. The summed E-state index contributed by atoms with van der Waals surface area (Å²) >= 11 is 0. The minimum Gasteiger partial charge on any atom is -0.494 e. The van der Waals surface area contributed by atoms with Crippen molar-refractivity contribution in [1.29, 1.82) is 0 Å². The van der Waals surface area contributed by atoms with E-state index in [0.717, 1.165) is 54.7 Å². The molecule has 0 radical (unpaired) electrons. The number of fused-ring (bicyclic) bond motifs is 1. The van der Waals surface area contributed by atoms with Crippen LogP contribution in [-0.4, -0.2) is 42.4 Å². The SMILES string of the molecule is CCOc1cc2c(cc1CNC(=NC)NCCCc1nc(C(C)C)no1)OC(C)C2.I. The van der Waals surface area contributed by atoms with Crippen LogP contribution in [0.1, 0.15) is 62.9 Å². The number of rotatable bonds is 9. The van der Waals surface area contributed by atoms with Gasteiger partial charge in [-0.3, -0.25) is 4.99 Å². The van der Waals surface area contributed by atoms with E-state index >= 15 is 0 Å². The molecule has 2 heterocycles. The molecule has 2 aromatic rings. The fourth-order valence-electron chi connectivity index (χ4n) is 3.36. The number of aryl methyl sites for hydroxylation is 1. The second-order valence-corrected chi connectivity index (χ2v) is 7.79. The van der Waals surface area contributed by atoms with Crippen molar-refractivity contribution in [2.45, 2.75) is 65.5 Å². The summed E-state index contributed by atoms with van der Waals surface area (Å²) in [6.45, 7) is 10.2. The molecule has 0 fully saturated rings. The van der Waals surface area contributed by atoms with E-state index in [0.29, 0.717) is 19.0 Å². The first kappa shape index (κ1) is 25.2. The van der Waals surface area contributed by atoms with Crippen molar-refractivity contribution in [3.05, 3.63) is 35.0 Å². The first-order valence-electron chi connectivity index (χ1n) is 10.7. The van der Waals surface area contributed by atoms with Gasteiger partial charge in [-0.25, -0.2) is 0 Å². The van der Waals surface area contributed by atoms with Crippen LogP contribution in [0.15, 0.2) is 21.6 Å². The second-order valence-electron chi connectivity index (χ2n) is 7.79. The summed E-state index contributed by atoms with van der Waals surface area (Å²) in [7, 11) is 1.76. The normalized spacial score (nSPS) is 15.3. The highest BCUT2D eigenvalue weighted by Gasteiger charge is 2.22. The number of aromatic nitrogens is 2. The van der Waals surface area contributed by atoms with Gasteiger partial charge in [0.15, 0.2) is 11.8 Å². The molecule has 1 aromatic heterocycles. The number of guanidine groups is 1. The van der Waals surface area contributed by atoms with Gasteiger partial charge in [0.05, 0.1) is 6.61 Å². The molecule has 0 saturated heterocycles. The summed E-state index contributed by atoms with van der Waals surface area (Å²) in [6.07, 6.45) is 2.74. The summed E-state index contributed by atoms with van der Waals surface area (Å²) in [5.74, 6) is 4.30. The topological polar surface area (TPSA) is 93.8 Å². The van der Waals surface area contributed by atoms with E-state index in [1.807, 2.05) is 6.92 Å². The number of hydrogen-bond acceptors (Lipinski definition) is 6. The van der Waals surface area contributed by atoms with Crippen molar-refractivity contribution in [3.8, 4) is 11.5 Å². The Labute approximate surface area is 201 Å². The number of ether oxygens (including phenoxy) is 2. The Kier molecular flexibility index (Phi) is 9.86. The van der Waals surface area contributed by atoms with Gasteiger partial charge < -0.3 is 24.6 Å². The second kappa shape index (κ2) is 12.1. The Bertz CT molecular complexity index is 869. The number of nitrogens with zero attached hydrogens (tertiary/aromatic N) is 3. The Balaban J connectivity index is 0.00000341. The summed E-state index contributed by atoms with van der Waals surface area (Å²) in [5, 5.41) is 10.7. The van der Waals surface area contributed by atoms with E-state index < -0.39 is 0 Å². The van der Waals surface area contributed by atoms with Gasteiger partial charge in [-0.15, -0.1) is 24.0 Å². The number of nitrogens with one attached hydrogen (secondary N) is 2. The molecular formula is C22H34IN5O3. The zero-order valence-corrected chi connectivity index (χ0v) is 21.4. The third kappa shape index (κ3) is 6.98. The highest BCUT2D eigenvalue weighted by atomic mass is 127. The number of halogens is 1. The van der Waals surface area contributed by atoms with Crippen molar-refractivity contribution in [2.24, 2.45) is 4.99 Å². The van der Waals surface area contributed by atoms with Crippen molar-refractivity contribution >= 4 is 29.9 Å². The van der Waals surface area contributed by atoms with Crippen LogP contribution in [0.4, 0.5) is 0 Å². The maximum Gasteiger partial charge on any atom is 0.226 e. The van der Waals surface area contributed by atoms with Gasteiger partial charge in [-0.05, 0) is 32.4 Å². The lowest BCUT2D eigenvalue weighted by Crippen LogP contribution is -2.37. The molecule has 0 saturated carbocycles. The Morgan fingerprint density at radius 2 is 2.13 bits per heavy atom. The number of hydrogen-bond donors (Lipinski definition) is 2. The van der Waals surface area contributed by atoms with Crippen LogP contribution in [0.2, 0.25) is 0 Å². The predicted octanol–water partition coefficient (Wildman–Crippen LogP) is 3.83. The van der Waals surface area contributed by atoms with Crippen LogP contribution in [-0.2, 0) is 19.4 Å². The van der Waals surface area contributed by atoms with Gasteiger partial charge >= 0.3 is 0 Å². The third-order valence-corrected chi connectivity index (χ3v) is 4.91. The van der Waals surface area contributed by atoms with Gasteiger partial charge in [0.1, 0.15) is 17.6 Å². The van der Waals surface area contributed by atoms with Gasteiger partial charge in [0, 0.05) is 50.0 Å². The standard InChI is InChI=1S/C22H33N5O3.HI/c1-6-28-18-11-16-10-15(4)29-19(16)12-17(18)13-25-22(23-5)24-9-7-8-20-26-21(14(2)3)27-30-20;/h11-12,14-15H,6-10,13H2,1-5H3,(H2,23,24,25);1H. The average molecular weight is 543 g/mol. The molecule has 0 aliphatic carbocycles. The molecule has 0 bridgehead atoms. The van der Waals surface area contributed by atoms with Crippen LogP contribution >= 0.6 is 24.0 Å². The summed E-state index contributed by atoms with van der Waals surface area (Å²) in [6, 6.07) is 4.18. The molecule has 1 atom stereocenters. The fourth-order valence-corrected chi connectivity index (χ4v) is 3.36. The maximum atomic E-state index is 5.90. The molecule has 8 nitrogen and oxygen atoms in total. The van der Waals surface area contributed by atoms with Crippen LogP contribution < -0.4 is 20.1 Å². The van der Waals surface area contributed by atoms with Crippen LogP contribution in [0.5, 0.6) is 11.5 Å². The van der Waals surface area contributed by atoms with E-state index in [-0.39, 0.29) is 36.0 Å². The molecule has 2 N–H and O–H groups in total. The lowest BCUT2D eigenvalue weighted by molar-refractivity contribution is 0.254. The molecule has 3 rings (SSSR count). The van der Waals surface area contributed by atoms with Crippen molar-refractivity contribution in [2.75, 3.05) is 20.2 Å². The molecule has 172 valence electrons. The lowest BCUT2D eigenvalue weighted by atomic mass is 10.1. The number of benzene rings is 1. The van der Waals surface area contributed by atoms with E-state index in [4.69, 9.17) is 14.0 Å². The first-order valence-corrected chi connectivity index (χ1v) is 10.7. The average Bonchev–Trinajstić information content (AvgIpc) is 3.33. The van der Waals surface area contributed by atoms with Gasteiger partial charge in [0.25, 0.3) is 0 Å². The summed E-state index contributed by atoms with van der Waals surface area (Å²) in [4.78, 5) is 8.71. The Hall–Kier alpha value is -2.04. The zero-order chi connectivity index (χ0) is 21.5. The van der Waals surface area contributed by atoms with Crippen LogP contribution in [0, 0.1) is 0 Å². The molecule has 0 amide bonds. The minimum atomic E-state index is 0. The van der Waals surface area contributed by atoms with Crippen LogP contribution in [0.3, 0.4) is 0 Å². The molecular weight excluding hydrogens is 509 g/mol. The molecule has 1 aromatic carbocycles. The van der Waals surface area contributed by atoms with Gasteiger partial charge in [-0.2, -0.15) is 4.98 Å². The molecule has 31 heavy (non-hydrogen) atoms. The zero-order valence-electron chi connectivity index (χ0n) is 19.0. The van der Waals surface area contributed by atoms with E-state index in [1.165, 1.54) is 5.56 Å². The Morgan fingerprint density at radius 1 is 1.32 bits per heavy atom. The Morgan fingerprint density at radius 3 is 2.81 bits per heavy atom. The largest absolute Gasteiger partial charge is 0.494 e. The quantitative estimate of drug-likeness (QED) is 0.215. The molecule has 9 heteroatoms. The fraction of sp³-hybridized carbons (Fsp3) is 0.591. The van der Waals surface area contributed by atoms with Crippen molar-refractivity contribution in [3.63, 3.8) is 0 Å². The summed E-state index contributed by atoms with van der Waals surface area (Å²) < 4.78 is 17.0. The van der Waals surface area contributed by atoms with Gasteiger partial charge in [0.2, 0.25) is 5.89 Å². The molecule has 1 aliphatic rings. The van der Waals surface area contributed by atoms with E-state index in [2.05, 4.69) is 58.7 Å². The molecule has 0 spiro atoms. The third-order valence-electron chi connectivity index (χ3n) is 4.91. The van der Waals surface area contributed by atoms with Crippen molar-refractivity contribution < 1.29 is 14.0 Å². The summed E-state index contributed by atoms with van der Waals surface area (Å²) in [5.41, 5.74) is 2.26. The molecule has 1 aliphatic heterocycles. The lowest BCUT2D eigenvalue weighted by Gasteiger charge is -2.15. The van der Waals surface area contributed by atoms with E-state index in [9.17, 15) is 0 Å². The highest BCUT2D eigenvalue weighted by Crippen LogP contribution is 2.35. The first-order chi connectivity index (χ1) is 14.5. The maximum absolute atomic E-state index is 5.90. The number of aliphatic imine (C=N–C) groups is 1. The minimum absolute atomic E-state index is 0. The van der Waals surface area contributed by atoms with E-state index in [1.54, 1.807) is 7.05 Å². The van der Waals surface area contributed by atoms with Crippen molar-refractivity contribution in [1.82, 2.24) is 20.8 Å². The highest BCUT2D eigenvalue weighted by molar-refractivity contribution is 14.0. The van der Waals surface area contributed by atoms with Gasteiger partial charge in [-0.1, -0.05) is 19.0 Å². The monoisotopic (exact) mass is 543 g/mol. The van der Waals surface area contributed by atoms with Crippen LogP contribution in [0.25, 0.3) is 0 Å². The smallest absolute Gasteiger partial charge is 0.226 e. The molecule has 1 unspecified atom stereocenters.